The average Bonchev–Trinajstić information content (AvgIpc) is 3.15. The number of allylic oxidation sites excluding steroid dienone is 1. The first-order valence-corrected chi connectivity index (χ1v) is 11.2. The summed E-state index contributed by atoms with van der Waals surface area (Å²) in [6.07, 6.45) is 2.72. The Morgan fingerprint density at radius 2 is 1.79 bits per heavy atom. The van der Waals surface area contributed by atoms with Crippen LogP contribution >= 0.6 is 0 Å². The molecule has 0 radical (unpaired) electrons. The third-order valence-electron chi connectivity index (χ3n) is 6.25. The van der Waals surface area contributed by atoms with Crippen LogP contribution in [-0.4, -0.2) is 31.1 Å². The normalized spacial score (nSPS) is 16.2. The molecule has 33 heavy (non-hydrogen) atoms. The van der Waals surface area contributed by atoms with Crippen LogP contribution in [0, 0.1) is 13.8 Å². The van der Waals surface area contributed by atoms with Crippen molar-refractivity contribution in [1.82, 2.24) is 4.90 Å². The van der Waals surface area contributed by atoms with Gasteiger partial charge in [-0.3, -0.25) is 9.69 Å². The van der Waals surface area contributed by atoms with Crippen molar-refractivity contribution in [3.05, 3.63) is 93.7 Å². The Morgan fingerprint density at radius 1 is 1.03 bits per heavy atom. The van der Waals surface area contributed by atoms with Gasteiger partial charge in [-0.05, 0) is 55.7 Å². The first-order chi connectivity index (χ1) is 16.0. The lowest BCUT2D eigenvalue weighted by atomic mass is 9.99. The molecule has 5 nitrogen and oxygen atoms in total. The molecule has 0 saturated carbocycles. The summed E-state index contributed by atoms with van der Waals surface area (Å²) in [6.45, 7) is 6.13. The van der Waals surface area contributed by atoms with Gasteiger partial charge in [-0.1, -0.05) is 42.0 Å². The highest BCUT2D eigenvalue weighted by Crippen LogP contribution is 2.43. The van der Waals surface area contributed by atoms with E-state index >= 15 is 0 Å². The molecule has 2 aliphatic rings. The van der Waals surface area contributed by atoms with E-state index in [4.69, 9.17) is 14.2 Å². The summed E-state index contributed by atoms with van der Waals surface area (Å²) in [5, 5.41) is 0. The van der Waals surface area contributed by atoms with E-state index in [-0.39, 0.29) is 5.78 Å². The summed E-state index contributed by atoms with van der Waals surface area (Å²) in [7, 11) is 1.67. The lowest BCUT2D eigenvalue weighted by Crippen LogP contribution is -2.34. The van der Waals surface area contributed by atoms with E-state index in [1.54, 1.807) is 7.11 Å². The van der Waals surface area contributed by atoms with Crippen molar-refractivity contribution < 1.29 is 19.0 Å². The first-order valence-electron chi connectivity index (χ1n) is 11.2. The number of Topliss-reactive ketones (excluding diaryl/α,β-unsaturated/α-hetero) is 1. The molecule has 3 aromatic carbocycles. The van der Waals surface area contributed by atoms with Crippen molar-refractivity contribution in [3.8, 4) is 17.2 Å². The highest BCUT2D eigenvalue weighted by molar-refractivity contribution is 6.15. The number of aryl methyl sites for hydroxylation is 1. The van der Waals surface area contributed by atoms with Gasteiger partial charge in [-0.2, -0.15) is 0 Å². The summed E-state index contributed by atoms with van der Waals surface area (Å²) >= 11 is 0. The monoisotopic (exact) mass is 441 g/mol. The summed E-state index contributed by atoms with van der Waals surface area (Å²) in [4.78, 5) is 15.3. The lowest BCUT2D eigenvalue weighted by molar-refractivity contribution is 0.0954. The fourth-order valence-corrected chi connectivity index (χ4v) is 4.33. The smallest absolute Gasteiger partial charge is 0.231 e. The Bertz CT molecular complexity index is 1230. The molecule has 0 amide bonds. The number of hydrogen-bond acceptors (Lipinski definition) is 5. The predicted octanol–water partition coefficient (Wildman–Crippen LogP) is 5.32. The maximum Gasteiger partial charge on any atom is 0.231 e. The van der Waals surface area contributed by atoms with Crippen molar-refractivity contribution in [2.24, 2.45) is 0 Å². The van der Waals surface area contributed by atoms with E-state index in [1.807, 2.05) is 62.4 Å². The van der Waals surface area contributed by atoms with Crippen molar-refractivity contribution in [1.29, 1.82) is 0 Å². The third-order valence-corrected chi connectivity index (χ3v) is 6.25. The molecule has 0 atom stereocenters. The standard InChI is InChI=1S/C28H27NO4/c1-18-4-6-21(7-5-18)14-25-26(30)24-15-22-16-29(17-32-27(22)19(2)28(24)33-25)13-12-20-8-10-23(31-3)11-9-20/h4-11,14-15H,12-13,16-17H2,1-3H3/b25-14-. The van der Waals surface area contributed by atoms with Crippen molar-refractivity contribution in [2.45, 2.75) is 26.8 Å². The molecule has 3 aromatic rings. The quantitative estimate of drug-likeness (QED) is 0.502. The van der Waals surface area contributed by atoms with Gasteiger partial charge in [-0.15, -0.1) is 0 Å². The SMILES string of the molecule is COc1ccc(CCN2COc3c(cc4c(c3C)O/C(=C\c3ccc(C)cc3)C4=O)C2)cc1. The molecule has 5 heteroatoms. The molecule has 0 spiro atoms. The van der Waals surface area contributed by atoms with Gasteiger partial charge in [0.1, 0.15) is 24.0 Å². The Labute approximate surface area is 194 Å². The van der Waals surface area contributed by atoms with Gasteiger partial charge in [0.2, 0.25) is 5.78 Å². The van der Waals surface area contributed by atoms with E-state index in [1.165, 1.54) is 11.1 Å². The van der Waals surface area contributed by atoms with Gasteiger partial charge in [0.05, 0.1) is 12.7 Å². The van der Waals surface area contributed by atoms with Crippen LogP contribution < -0.4 is 14.2 Å². The molecule has 5 rings (SSSR count). The van der Waals surface area contributed by atoms with E-state index in [2.05, 4.69) is 17.0 Å². The van der Waals surface area contributed by atoms with E-state index in [0.717, 1.165) is 47.7 Å². The van der Waals surface area contributed by atoms with Crippen LogP contribution in [0.2, 0.25) is 0 Å². The molecule has 168 valence electrons. The Kier molecular flexibility index (Phi) is 5.65. The van der Waals surface area contributed by atoms with Crippen LogP contribution in [0.3, 0.4) is 0 Å². The summed E-state index contributed by atoms with van der Waals surface area (Å²) in [5.41, 5.74) is 5.90. The highest BCUT2D eigenvalue weighted by atomic mass is 16.5. The second-order valence-electron chi connectivity index (χ2n) is 8.64. The number of hydrogen-bond donors (Lipinski definition) is 0. The molecule has 2 heterocycles. The minimum atomic E-state index is -0.0770. The van der Waals surface area contributed by atoms with Crippen LogP contribution in [0.1, 0.15) is 38.2 Å². The molecular weight excluding hydrogens is 414 g/mol. The fraction of sp³-hybridized carbons (Fsp3) is 0.250. The van der Waals surface area contributed by atoms with E-state index in [9.17, 15) is 4.79 Å². The molecule has 0 saturated heterocycles. The highest BCUT2D eigenvalue weighted by Gasteiger charge is 2.33. The minimum Gasteiger partial charge on any atom is -0.497 e. The first kappa shape index (κ1) is 21.3. The van der Waals surface area contributed by atoms with Crippen molar-refractivity contribution in [3.63, 3.8) is 0 Å². The van der Waals surface area contributed by atoms with Gasteiger partial charge in [0, 0.05) is 24.2 Å². The number of methoxy groups -OCH3 is 1. The molecule has 0 aromatic heterocycles. The topological polar surface area (TPSA) is 48.0 Å². The molecular formula is C28H27NO4. The molecule has 0 N–H and O–H groups in total. The Balaban J connectivity index is 1.33. The van der Waals surface area contributed by atoms with E-state index < -0.39 is 0 Å². The van der Waals surface area contributed by atoms with Crippen LogP contribution in [-0.2, 0) is 13.0 Å². The van der Waals surface area contributed by atoms with Gasteiger partial charge in [0.15, 0.2) is 5.76 Å². The second-order valence-corrected chi connectivity index (χ2v) is 8.64. The molecule has 0 fully saturated rings. The van der Waals surface area contributed by atoms with Crippen LogP contribution in [0.15, 0.2) is 60.4 Å². The summed E-state index contributed by atoms with van der Waals surface area (Å²) < 4.78 is 17.4. The predicted molar refractivity (Wildman–Crippen MR) is 128 cm³/mol. The largest absolute Gasteiger partial charge is 0.497 e. The minimum absolute atomic E-state index is 0.0770. The van der Waals surface area contributed by atoms with Crippen molar-refractivity contribution in [2.75, 3.05) is 20.4 Å². The lowest BCUT2D eigenvalue weighted by Gasteiger charge is -2.30. The second kappa shape index (κ2) is 8.75. The maximum absolute atomic E-state index is 13.1. The van der Waals surface area contributed by atoms with Crippen LogP contribution in [0.4, 0.5) is 0 Å². The number of ether oxygens (including phenoxy) is 3. The molecule has 0 bridgehead atoms. The Morgan fingerprint density at radius 3 is 2.52 bits per heavy atom. The molecule has 0 aliphatic carbocycles. The van der Waals surface area contributed by atoms with Gasteiger partial charge in [0.25, 0.3) is 0 Å². The van der Waals surface area contributed by atoms with Gasteiger partial charge >= 0.3 is 0 Å². The zero-order valence-electron chi connectivity index (χ0n) is 19.2. The number of carbonyl (C=O) groups is 1. The number of ketones is 1. The van der Waals surface area contributed by atoms with Crippen LogP contribution in [0.5, 0.6) is 17.2 Å². The number of carbonyl (C=O) groups excluding carboxylic acids is 1. The number of rotatable bonds is 5. The Hall–Kier alpha value is -3.57. The summed E-state index contributed by atoms with van der Waals surface area (Å²) in [5.74, 6) is 2.59. The van der Waals surface area contributed by atoms with Gasteiger partial charge in [-0.25, -0.2) is 0 Å². The van der Waals surface area contributed by atoms with Crippen LogP contribution in [0.25, 0.3) is 6.08 Å². The summed E-state index contributed by atoms with van der Waals surface area (Å²) in [6, 6.07) is 18.1. The van der Waals surface area contributed by atoms with Gasteiger partial charge < -0.3 is 14.2 Å². The van der Waals surface area contributed by atoms with Crippen molar-refractivity contribution >= 4 is 11.9 Å². The number of fused-ring (bicyclic) bond motifs is 2. The number of benzene rings is 3. The molecule has 0 unspecified atom stereocenters. The zero-order chi connectivity index (χ0) is 22.9. The molecule has 2 aliphatic heterocycles. The maximum atomic E-state index is 13.1. The fourth-order valence-electron chi connectivity index (χ4n) is 4.33. The number of nitrogens with zero attached hydrogens (tertiary/aromatic N) is 1. The average molecular weight is 442 g/mol. The third kappa shape index (κ3) is 4.24. The van der Waals surface area contributed by atoms with E-state index in [0.29, 0.717) is 23.8 Å². The zero-order valence-corrected chi connectivity index (χ0v) is 19.2.